The van der Waals surface area contributed by atoms with Crippen molar-refractivity contribution in [3.8, 4) is 28.6 Å². The summed E-state index contributed by atoms with van der Waals surface area (Å²) in [5.41, 5.74) is 2.62. The fourth-order valence-electron chi connectivity index (χ4n) is 3.01. The lowest BCUT2D eigenvalue weighted by molar-refractivity contribution is 0.285. The monoisotopic (exact) mass is 364 g/mol. The van der Waals surface area contributed by atoms with Crippen LogP contribution in [0.2, 0.25) is 0 Å². The Bertz CT molecular complexity index is 929. The third-order valence-electron chi connectivity index (χ3n) is 4.66. The third-order valence-corrected chi connectivity index (χ3v) is 4.66. The van der Waals surface area contributed by atoms with E-state index >= 15 is 0 Å². The average molecular weight is 364 g/mol. The standard InChI is InChI=1S/C20H20N4O3/c1-12-21-10-17(13-3-6-19(25)23-8-13)20(24-12)27-11-14-7-16(14)18-5-4-15(26-2)9-22-18/h3-6,8-10,14,16H,7,11H2,1-2H3,(H,23,25)/t14-,16+/m1/s1. The molecule has 27 heavy (non-hydrogen) atoms. The van der Waals surface area contributed by atoms with Crippen molar-refractivity contribution in [3.63, 3.8) is 0 Å². The number of nitrogens with zero attached hydrogens (tertiary/aromatic N) is 4. The van der Waals surface area contributed by atoms with E-state index in [2.05, 4.69) is 19.9 Å². The molecule has 4 rings (SSSR count). The highest BCUT2D eigenvalue weighted by atomic mass is 16.5. The van der Waals surface area contributed by atoms with Gasteiger partial charge in [-0.3, -0.25) is 4.98 Å². The van der Waals surface area contributed by atoms with Crippen LogP contribution >= 0.6 is 0 Å². The largest absolute Gasteiger partial charge is 0.495 e. The van der Waals surface area contributed by atoms with Gasteiger partial charge in [0.05, 0.1) is 25.5 Å². The molecular formula is C20H20N4O3. The maximum Gasteiger partial charge on any atom is 0.224 e. The summed E-state index contributed by atoms with van der Waals surface area (Å²) in [4.78, 5) is 17.1. The summed E-state index contributed by atoms with van der Waals surface area (Å²) in [5.74, 6) is 2.72. The molecule has 1 saturated carbocycles. The van der Waals surface area contributed by atoms with Crippen LogP contribution in [0.3, 0.4) is 0 Å². The van der Waals surface area contributed by atoms with Gasteiger partial charge < -0.3 is 14.6 Å². The van der Waals surface area contributed by atoms with Gasteiger partial charge in [0.2, 0.25) is 11.8 Å². The lowest BCUT2D eigenvalue weighted by Crippen LogP contribution is -2.05. The molecule has 1 aliphatic rings. The molecule has 1 N–H and O–H groups in total. The van der Waals surface area contributed by atoms with E-state index in [4.69, 9.17) is 9.47 Å². The number of ether oxygens (including phenoxy) is 2. The summed E-state index contributed by atoms with van der Waals surface area (Å²) in [6.45, 7) is 2.39. The van der Waals surface area contributed by atoms with Crippen molar-refractivity contribution < 1.29 is 14.6 Å². The van der Waals surface area contributed by atoms with Gasteiger partial charge in [0, 0.05) is 41.6 Å². The first-order valence-electron chi connectivity index (χ1n) is 8.76. The maximum absolute atomic E-state index is 9.38. The second-order valence-electron chi connectivity index (χ2n) is 6.58. The average Bonchev–Trinajstić information content (AvgIpc) is 3.47. The highest BCUT2D eigenvalue weighted by Crippen LogP contribution is 2.47. The molecule has 0 spiro atoms. The van der Waals surface area contributed by atoms with E-state index in [9.17, 15) is 5.11 Å². The lowest BCUT2D eigenvalue weighted by Gasteiger charge is -2.11. The van der Waals surface area contributed by atoms with Gasteiger partial charge >= 0.3 is 0 Å². The van der Waals surface area contributed by atoms with E-state index in [-0.39, 0.29) is 5.88 Å². The van der Waals surface area contributed by atoms with E-state index in [0.29, 0.717) is 30.1 Å². The van der Waals surface area contributed by atoms with E-state index in [0.717, 1.165) is 29.0 Å². The number of hydrogen-bond donors (Lipinski definition) is 1. The first-order chi connectivity index (χ1) is 13.1. The van der Waals surface area contributed by atoms with Crippen LogP contribution in [0.5, 0.6) is 17.5 Å². The number of methoxy groups -OCH3 is 1. The Kier molecular flexibility index (Phi) is 4.58. The summed E-state index contributed by atoms with van der Waals surface area (Å²) in [7, 11) is 1.63. The van der Waals surface area contributed by atoms with Crippen molar-refractivity contribution in [3.05, 3.63) is 54.4 Å². The molecule has 3 aromatic heterocycles. The van der Waals surface area contributed by atoms with Gasteiger partial charge in [-0.2, -0.15) is 4.98 Å². The Balaban J connectivity index is 1.45. The Hall–Kier alpha value is -3.22. The van der Waals surface area contributed by atoms with Gasteiger partial charge in [0.25, 0.3) is 0 Å². The summed E-state index contributed by atoms with van der Waals surface area (Å²) in [6.07, 6.45) is 6.09. The molecule has 7 nitrogen and oxygen atoms in total. The van der Waals surface area contributed by atoms with Crippen molar-refractivity contribution >= 4 is 0 Å². The quantitative estimate of drug-likeness (QED) is 0.718. The van der Waals surface area contributed by atoms with E-state index in [1.165, 1.54) is 6.07 Å². The van der Waals surface area contributed by atoms with Crippen LogP contribution in [0.25, 0.3) is 11.1 Å². The van der Waals surface area contributed by atoms with Crippen LogP contribution in [0, 0.1) is 12.8 Å². The molecule has 1 aliphatic carbocycles. The number of aromatic hydroxyl groups is 1. The minimum atomic E-state index is -0.0259. The number of aromatic nitrogens is 4. The molecule has 0 saturated heterocycles. The van der Waals surface area contributed by atoms with Gasteiger partial charge in [-0.25, -0.2) is 9.97 Å². The Morgan fingerprint density at radius 3 is 2.67 bits per heavy atom. The zero-order valence-corrected chi connectivity index (χ0v) is 15.2. The van der Waals surface area contributed by atoms with Crippen LogP contribution in [-0.4, -0.2) is 38.8 Å². The van der Waals surface area contributed by atoms with Gasteiger partial charge in [0.15, 0.2) is 0 Å². The fraction of sp³-hybridized carbons (Fsp3) is 0.300. The van der Waals surface area contributed by atoms with Crippen LogP contribution in [0.4, 0.5) is 0 Å². The predicted octanol–water partition coefficient (Wildman–Crippen LogP) is 3.14. The zero-order chi connectivity index (χ0) is 18.8. The molecule has 0 aromatic carbocycles. The molecule has 0 amide bonds. The van der Waals surface area contributed by atoms with E-state index < -0.39 is 0 Å². The van der Waals surface area contributed by atoms with Crippen molar-refractivity contribution in [1.82, 2.24) is 19.9 Å². The van der Waals surface area contributed by atoms with Crippen molar-refractivity contribution in [2.75, 3.05) is 13.7 Å². The van der Waals surface area contributed by atoms with Crippen LogP contribution in [0.1, 0.15) is 23.9 Å². The molecule has 7 heteroatoms. The molecule has 2 atom stereocenters. The van der Waals surface area contributed by atoms with E-state index in [1.807, 2.05) is 19.1 Å². The van der Waals surface area contributed by atoms with Crippen molar-refractivity contribution in [2.45, 2.75) is 19.3 Å². The number of pyridine rings is 2. The molecule has 3 heterocycles. The number of aryl methyl sites for hydroxylation is 1. The summed E-state index contributed by atoms with van der Waals surface area (Å²) in [6, 6.07) is 7.24. The Morgan fingerprint density at radius 2 is 1.96 bits per heavy atom. The van der Waals surface area contributed by atoms with Crippen LogP contribution in [0.15, 0.2) is 42.9 Å². The Labute approximate surface area is 157 Å². The molecule has 0 radical (unpaired) electrons. The molecule has 3 aromatic rings. The lowest BCUT2D eigenvalue weighted by atomic mass is 10.1. The first-order valence-corrected chi connectivity index (χ1v) is 8.76. The van der Waals surface area contributed by atoms with E-state index in [1.54, 1.807) is 31.8 Å². The third kappa shape index (κ3) is 3.81. The van der Waals surface area contributed by atoms with Gasteiger partial charge in [0.1, 0.15) is 11.6 Å². The van der Waals surface area contributed by atoms with Gasteiger partial charge in [-0.05, 0) is 31.5 Å². The molecule has 1 fully saturated rings. The topological polar surface area (TPSA) is 90.2 Å². The minimum absolute atomic E-state index is 0.0259. The normalized spacial score (nSPS) is 18.1. The predicted molar refractivity (Wildman–Crippen MR) is 98.8 cm³/mol. The van der Waals surface area contributed by atoms with Crippen molar-refractivity contribution in [2.24, 2.45) is 5.92 Å². The second-order valence-corrected chi connectivity index (χ2v) is 6.58. The Morgan fingerprint density at radius 1 is 1.07 bits per heavy atom. The maximum atomic E-state index is 9.38. The van der Waals surface area contributed by atoms with Crippen LogP contribution in [-0.2, 0) is 0 Å². The smallest absolute Gasteiger partial charge is 0.224 e. The SMILES string of the molecule is COc1ccc([C@H]2C[C@@H]2COc2nc(C)ncc2-c2ccc(O)nc2)nc1. The minimum Gasteiger partial charge on any atom is -0.495 e. The number of rotatable bonds is 6. The number of hydrogen-bond acceptors (Lipinski definition) is 7. The van der Waals surface area contributed by atoms with Gasteiger partial charge in [-0.1, -0.05) is 0 Å². The second kappa shape index (κ2) is 7.19. The molecule has 0 aliphatic heterocycles. The van der Waals surface area contributed by atoms with Gasteiger partial charge in [-0.15, -0.1) is 0 Å². The fourth-order valence-corrected chi connectivity index (χ4v) is 3.01. The first kappa shape index (κ1) is 17.2. The zero-order valence-electron chi connectivity index (χ0n) is 15.2. The summed E-state index contributed by atoms with van der Waals surface area (Å²) >= 11 is 0. The summed E-state index contributed by atoms with van der Waals surface area (Å²) in [5, 5.41) is 9.38. The highest BCUT2D eigenvalue weighted by molar-refractivity contribution is 5.67. The summed E-state index contributed by atoms with van der Waals surface area (Å²) < 4.78 is 11.2. The van der Waals surface area contributed by atoms with Crippen molar-refractivity contribution in [1.29, 1.82) is 0 Å². The molecule has 0 bridgehead atoms. The molecule has 138 valence electrons. The van der Waals surface area contributed by atoms with Crippen LogP contribution < -0.4 is 9.47 Å². The molecular weight excluding hydrogens is 344 g/mol. The molecule has 0 unspecified atom stereocenters. The highest BCUT2D eigenvalue weighted by Gasteiger charge is 2.40.